The van der Waals surface area contributed by atoms with Crippen molar-refractivity contribution >= 4 is 11.6 Å². The van der Waals surface area contributed by atoms with Crippen molar-refractivity contribution in [2.45, 2.75) is 52.2 Å². The number of benzene rings is 2. The van der Waals surface area contributed by atoms with Crippen molar-refractivity contribution in [3.05, 3.63) is 70.9 Å². The van der Waals surface area contributed by atoms with Gasteiger partial charge in [0.1, 0.15) is 5.75 Å². The van der Waals surface area contributed by atoms with Gasteiger partial charge in [0.25, 0.3) is 0 Å². The van der Waals surface area contributed by atoms with Gasteiger partial charge in [-0.3, -0.25) is 4.90 Å². The predicted molar refractivity (Wildman–Crippen MR) is 140 cm³/mol. The lowest BCUT2D eigenvalue weighted by Crippen LogP contribution is -2.36. The number of aryl methyl sites for hydroxylation is 1. The van der Waals surface area contributed by atoms with Crippen LogP contribution in [0.25, 0.3) is 5.69 Å². The molecule has 1 fully saturated rings. The summed E-state index contributed by atoms with van der Waals surface area (Å²) >= 11 is 6.29. The summed E-state index contributed by atoms with van der Waals surface area (Å²) in [6, 6.07) is 17.4. The first kappa shape index (κ1) is 25.7. The van der Waals surface area contributed by atoms with Crippen LogP contribution in [0.5, 0.6) is 11.6 Å². The number of hydrogen-bond donors (Lipinski definition) is 1. The van der Waals surface area contributed by atoms with E-state index in [1.807, 2.05) is 66.2 Å². The minimum Gasteiger partial charge on any atom is -0.439 e. The van der Waals surface area contributed by atoms with Crippen molar-refractivity contribution < 1.29 is 14.6 Å². The Bertz CT molecular complexity index is 1070. The highest BCUT2D eigenvalue weighted by molar-refractivity contribution is 6.30. The lowest BCUT2D eigenvalue weighted by Gasteiger charge is -2.25. The Balaban J connectivity index is 1.59. The molecule has 1 aliphatic rings. The van der Waals surface area contributed by atoms with Crippen LogP contribution in [0.4, 0.5) is 0 Å². The second kappa shape index (κ2) is 12.5. The number of unbranched alkanes of at least 4 members (excludes halogenated alkanes) is 1. The SMILES string of the molecule is CCCCOC[C@@H](O)CN(Cc1c(C)nn(-c2cccc(Cl)c2)c1Oc1ccccc1)CC1CC1. The second-order valence-corrected chi connectivity index (χ2v) is 9.83. The lowest BCUT2D eigenvalue weighted by atomic mass is 10.2. The first-order valence-electron chi connectivity index (χ1n) is 12.6. The number of aromatic nitrogens is 2. The Morgan fingerprint density at radius 1 is 1.17 bits per heavy atom. The van der Waals surface area contributed by atoms with Gasteiger partial charge in [0.2, 0.25) is 5.88 Å². The summed E-state index contributed by atoms with van der Waals surface area (Å²) in [6.07, 6.45) is 4.05. The summed E-state index contributed by atoms with van der Waals surface area (Å²) in [5.41, 5.74) is 2.75. The summed E-state index contributed by atoms with van der Waals surface area (Å²) < 4.78 is 13.9. The van der Waals surface area contributed by atoms with Crippen molar-refractivity contribution in [2.75, 3.05) is 26.3 Å². The Hall–Kier alpha value is -2.38. The van der Waals surface area contributed by atoms with Crippen LogP contribution >= 0.6 is 11.6 Å². The number of halogens is 1. The van der Waals surface area contributed by atoms with E-state index in [4.69, 9.17) is 26.2 Å². The van der Waals surface area contributed by atoms with Gasteiger partial charge in [-0.25, -0.2) is 4.68 Å². The molecule has 1 aromatic heterocycles. The summed E-state index contributed by atoms with van der Waals surface area (Å²) in [7, 11) is 0. The van der Waals surface area contributed by atoms with Gasteiger partial charge >= 0.3 is 0 Å². The highest BCUT2D eigenvalue weighted by atomic mass is 35.5. The van der Waals surface area contributed by atoms with Gasteiger partial charge < -0.3 is 14.6 Å². The average Bonchev–Trinajstić information content (AvgIpc) is 3.62. The maximum absolute atomic E-state index is 10.7. The molecule has 6 nitrogen and oxygen atoms in total. The molecule has 188 valence electrons. The van der Waals surface area contributed by atoms with Crippen molar-refractivity contribution in [3.63, 3.8) is 0 Å². The van der Waals surface area contributed by atoms with E-state index in [0.29, 0.717) is 43.1 Å². The number of rotatable bonds is 14. The van der Waals surface area contributed by atoms with Gasteiger partial charge in [-0.05, 0) is 62.4 Å². The van der Waals surface area contributed by atoms with Gasteiger partial charge in [-0.2, -0.15) is 5.10 Å². The Morgan fingerprint density at radius 3 is 2.69 bits per heavy atom. The number of nitrogens with zero attached hydrogens (tertiary/aromatic N) is 3. The van der Waals surface area contributed by atoms with Gasteiger partial charge in [0.05, 0.1) is 29.7 Å². The van der Waals surface area contributed by atoms with Gasteiger partial charge in [-0.1, -0.05) is 49.2 Å². The van der Waals surface area contributed by atoms with Crippen LogP contribution in [0.3, 0.4) is 0 Å². The Labute approximate surface area is 213 Å². The van der Waals surface area contributed by atoms with Crippen LogP contribution in [-0.4, -0.2) is 52.2 Å². The summed E-state index contributed by atoms with van der Waals surface area (Å²) in [5, 5.41) is 16.2. The Kier molecular flexibility index (Phi) is 9.21. The fourth-order valence-corrected chi connectivity index (χ4v) is 4.30. The third-order valence-electron chi connectivity index (χ3n) is 6.16. The maximum atomic E-state index is 10.7. The number of aliphatic hydroxyl groups is 1. The molecule has 0 radical (unpaired) electrons. The molecule has 0 unspecified atom stereocenters. The van der Waals surface area contributed by atoms with Crippen LogP contribution in [0.15, 0.2) is 54.6 Å². The first-order chi connectivity index (χ1) is 17.0. The molecule has 1 N–H and O–H groups in total. The smallest absolute Gasteiger partial charge is 0.227 e. The molecule has 35 heavy (non-hydrogen) atoms. The predicted octanol–water partition coefficient (Wildman–Crippen LogP) is 6.02. The van der Waals surface area contributed by atoms with Gasteiger partial charge in [-0.15, -0.1) is 0 Å². The first-order valence-corrected chi connectivity index (χ1v) is 13.0. The molecule has 0 spiro atoms. The van der Waals surface area contributed by atoms with Gasteiger partial charge in [0.15, 0.2) is 0 Å². The van der Waals surface area contributed by atoms with Crippen molar-refractivity contribution in [3.8, 4) is 17.3 Å². The van der Waals surface area contributed by atoms with Crippen LogP contribution in [0, 0.1) is 12.8 Å². The molecule has 1 aliphatic carbocycles. The van der Waals surface area contributed by atoms with E-state index in [1.54, 1.807) is 0 Å². The highest BCUT2D eigenvalue weighted by Gasteiger charge is 2.28. The van der Waals surface area contributed by atoms with E-state index in [9.17, 15) is 5.11 Å². The normalized spacial score (nSPS) is 14.4. The molecular formula is C28H36ClN3O3. The average molecular weight is 498 g/mol. The summed E-state index contributed by atoms with van der Waals surface area (Å²) in [5.74, 6) is 2.10. The molecule has 0 amide bonds. The van der Waals surface area contributed by atoms with Crippen molar-refractivity contribution in [1.29, 1.82) is 0 Å². The van der Waals surface area contributed by atoms with E-state index < -0.39 is 6.10 Å². The molecule has 4 rings (SSSR count). The fourth-order valence-electron chi connectivity index (χ4n) is 4.12. The molecule has 0 aliphatic heterocycles. The van der Waals surface area contributed by atoms with E-state index in [1.165, 1.54) is 12.8 Å². The molecule has 0 saturated heterocycles. The topological polar surface area (TPSA) is 59.8 Å². The largest absolute Gasteiger partial charge is 0.439 e. The maximum Gasteiger partial charge on any atom is 0.227 e. The molecule has 1 atom stereocenters. The van der Waals surface area contributed by atoms with Crippen LogP contribution in [0.2, 0.25) is 5.02 Å². The van der Waals surface area contributed by atoms with E-state index in [-0.39, 0.29) is 0 Å². The molecule has 1 heterocycles. The third kappa shape index (κ3) is 7.55. The number of para-hydroxylation sites is 1. The molecule has 1 saturated carbocycles. The third-order valence-corrected chi connectivity index (χ3v) is 6.40. The minimum atomic E-state index is -0.535. The summed E-state index contributed by atoms with van der Waals surface area (Å²) in [4.78, 5) is 2.32. The monoisotopic (exact) mass is 497 g/mol. The van der Waals surface area contributed by atoms with Crippen molar-refractivity contribution in [1.82, 2.24) is 14.7 Å². The number of aliphatic hydroxyl groups excluding tert-OH is 1. The quantitative estimate of drug-likeness (QED) is 0.276. The van der Waals surface area contributed by atoms with Crippen LogP contribution < -0.4 is 4.74 Å². The fraction of sp³-hybridized carbons (Fsp3) is 0.464. The molecule has 0 bridgehead atoms. The molecule has 7 heteroatoms. The molecule has 2 aromatic carbocycles. The lowest BCUT2D eigenvalue weighted by molar-refractivity contribution is 0.0134. The van der Waals surface area contributed by atoms with E-state index in [2.05, 4.69) is 11.8 Å². The standard InChI is InChI=1S/C28H36ClN3O3/c1-3-4-15-34-20-25(33)18-31(17-22-13-14-22)19-27-21(2)30-32(24-10-8-9-23(29)16-24)28(27)35-26-11-6-5-7-12-26/h5-12,16,22,25,33H,3-4,13-15,17-20H2,1-2H3/t25-/m0/s1. The highest BCUT2D eigenvalue weighted by Crippen LogP contribution is 2.34. The zero-order chi connectivity index (χ0) is 24.6. The van der Waals surface area contributed by atoms with Crippen LogP contribution in [-0.2, 0) is 11.3 Å². The number of hydrogen-bond acceptors (Lipinski definition) is 5. The van der Waals surface area contributed by atoms with E-state index in [0.717, 1.165) is 42.1 Å². The second-order valence-electron chi connectivity index (χ2n) is 9.40. The van der Waals surface area contributed by atoms with Crippen molar-refractivity contribution in [2.24, 2.45) is 5.92 Å². The van der Waals surface area contributed by atoms with Crippen LogP contribution in [0.1, 0.15) is 43.9 Å². The zero-order valence-electron chi connectivity index (χ0n) is 20.7. The zero-order valence-corrected chi connectivity index (χ0v) is 21.5. The number of ether oxygens (including phenoxy) is 2. The Morgan fingerprint density at radius 2 is 1.97 bits per heavy atom. The molecule has 3 aromatic rings. The minimum absolute atomic E-state index is 0.356. The molecular weight excluding hydrogens is 462 g/mol. The van der Waals surface area contributed by atoms with Gasteiger partial charge in [0, 0.05) is 31.3 Å². The summed E-state index contributed by atoms with van der Waals surface area (Å²) in [6.45, 7) is 7.32. The van der Waals surface area contributed by atoms with E-state index >= 15 is 0 Å².